The molecule has 0 saturated carbocycles. The van der Waals surface area contributed by atoms with Crippen molar-refractivity contribution in [3.8, 4) is 6.07 Å². The molecule has 17 heavy (non-hydrogen) atoms. The summed E-state index contributed by atoms with van der Waals surface area (Å²) in [5.74, 6) is 0. The molecule has 0 bridgehead atoms. The molecule has 3 heteroatoms. The van der Waals surface area contributed by atoms with Crippen molar-refractivity contribution in [2.24, 2.45) is 0 Å². The number of aromatic nitrogens is 1. The van der Waals surface area contributed by atoms with Gasteiger partial charge in [0, 0.05) is 11.4 Å². The lowest BCUT2D eigenvalue weighted by molar-refractivity contribution is 0.792. The predicted molar refractivity (Wildman–Crippen MR) is 68.1 cm³/mol. The molecule has 1 aromatic carbocycles. The summed E-state index contributed by atoms with van der Waals surface area (Å²) in [6.45, 7) is 4.84. The minimum absolute atomic E-state index is 0.699. The molecule has 1 N–H and O–H groups in total. The van der Waals surface area contributed by atoms with Crippen LogP contribution in [0.3, 0.4) is 0 Å². The Labute approximate surface area is 101 Å². The van der Waals surface area contributed by atoms with Crippen molar-refractivity contribution < 1.29 is 0 Å². The molecular formula is C14H15N3. The average molecular weight is 225 g/mol. The first-order valence-corrected chi connectivity index (χ1v) is 5.58. The number of nitrogens with zero attached hydrogens (tertiary/aromatic N) is 2. The monoisotopic (exact) mass is 225 g/mol. The summed E-state index contributed by atoms with van der Waals surface area (Å²) in [6.07, 6.45) is 0. The van der Waals surface area contributed by atoms with Crippen LogP contribution in [0.15, 0.2) is 36.4 Å². The van der Waals surface area contributed by atoms with Crippen LogP contribution in [0.25, 0.3) is 0 Å². The highest BCUT2D eigenvalue weighted by molar-refractivity contribution is 5.33. The number of nitrogens with one attached hydrogen (secondary N) is 1. The summed E-state index contributed by atoms with van der Waals surface area (Å²) in [5, 5.41) is 8.83. The summed E-state index contributed by atoms with van der Waals surface area (Å²) in [4.78, 5) is 0. The lowest BCUT2D eigenvalue weighted by Gasteiger charge is -2.12. The van der Waals surface area contributed by atoms with Gasteiger partial charge in [0.05, 0.1) is 18.2 Å². The van der Waals surface area contributed by atoms with E-state index in [4.69, 9.17) is 5.26 Å². The fourth-order valence-electron chi connectivity index (χ4n) is 1.84. The highest BCUT2D eigenvalue weighted by Gasteiger charge is 2.00. The number of aryl methyl sites for hydroxylation is 2. The first-order chi connectivity index (χ1) is 8.20. The van der Waals surface area contributed by atoms with E-state index in [1.807, 2.05) is 24.3 Å². The number of nitriles is 1. The van der Waals surface area contributed by atoms with Crippen LogP contribution in [-0.2, 0) is 6.54 Å². The van der Waals surface area contributed by atoms with Crippen molar-refractivity contribution in [3.63, 3.8) is 0 Å². The third-order valence-electron chi connectivity index (χ3n) is 2.77. The zero-order valence-corrected chi connectivity index (χ0v) is 10.1. The zero-order valence-electron chi connectivity index (χ0n) is 10.1. The van der Waals surface area contributed by atoms with E-state index in [1.165, 1.54) is 11.4 Å². The van der Waals surface area contributed by atoms with E-state index >= 15 is 0 Å². The molecule has 2 rings (SSSR count). The summed E-state index contributed by atoms with van der Waals surface area (Å²) < 4.78 is 2.05. The maximum atomic E-state index is 8.83. The second kappa shape index (κ2) is 4.75. The normalized spacial score (nSPS) is 9.94. The van der Waals surface area contributed by atoms with Crippen molar-refractivity contribution in [2.45, 2.75) is 20.4 Å². The van der Waals surface area contributed by atoms with Crippen LogP contribution in [0, 0.1) is 25.2 Å². The van der Waals surface area contributed by atoms with E-state index < -0.39 is 0 Å². The lowest BCUT2D eigenvalue weighted by atomic mass is 10.1. The van der Waals surface area contributed by atoms with Gasteiger partial charge in [-0.05, 0) is 43.7 Å². The molecule has 0 spiro atoms. The Balaban J connectivity index is 2.10. The Morgan fingerprint density at radius 1 is 1.18 bits per heavy atom. The van der Waals surface area contributed by atoms with Crippen molar-refractivity contribution in [3.05, 3.63) is 58.9 Å². The topological polar surface area (TPSA) is 40.8 Å². The Hall–Kier alpha value is -2.21. The Morgan fingerprint density at radius 2 is 1.88 bits per heavy atom. The molecule has 0 saturated heterocycles. The molecule has 0 unspecified atom stereocenters. The molecule has 0 amide bonds. The Kier molecular flexibility index (Phi) is 3.15. The summed E-state index contributed by atoms with van der Waals surface area (Å²) in [6, 6.07) is 13.9. The van der Waals surface area contributed by atoms with Gasteiger partial charge in [-0.2, -0.15) is 5.26 Å². The van der Waals surface area contributed by atoms with Gasteiger partial charge in [0.15, 0.2) is 0 Å². The maximum absolute atomic E-state index is 8.83. The van der Waals surface area contributed by atoms with E-state index in [2.05, 4.69) is 42.2 Å². The summed E-state index contributed by atoms with van der Waals surface area (Å²) >= 11 is 0. The Bertz CT molecular complexity index is 542. The lowest BCUT2D eigenvalue weighted by Crippen LogP contribution is -2.16. The molecule has 0 aliphatic heterocycles. The zero-order chi connectivity index (χ0) is 12.3. The predicted octanol–water partition coefficient (Wildman–Crippen LogP) is 2.72. The van der Waals surface area contributed by atoms with E-state index in [9.17, 15) is 0 Å². The van der Waals surface area contributed by atoms with Crippen LogP contribution >= 0.6 is 0 Å². The van der Waals surface area contributed by atoms with Crippen LogP contribution in [0.1, 0.15) is 22.5 Å². The largest absolute Gasteiger partial charge is 0.322 e. The van der Waals surface area contributed by atoms with Gasteiger partial charge in [-0.3, -0.25) is 4.68 Å². The van der Waals surface area contributed by atoms with Crippen molar-refractivity contribution >= 4 is 0 Å². The SMILES string of the molecule is Cc1ccc(C)n1NCc1cccc(C#N)c1. The molecule has 0 aliphatic rings. The van der Waals surface area contributed by atoms with Crippen molar-refractivity contribution in [2.75, 3.05) is 5.43 Å². The van der Waals surface area contributed by atoms with Gasteiger partial charge in [-0.1, -0.05) is 12.1 Å². The van der Waals surface area contributed by atoms with Gasteiger partial charge in [0.25, 0.3) is 0 Å². The smallest absolute Gasteiger partial charge is 0.0991 e. The molecule has 1 aromatic heterocycles. The number of benzene rings is 1. The van der Waals surface area contributed by atoms with E-state index in [-0.39, 0.29) is 0 Å². The van der Waals surface area contributed by atoms with Crippen LogP contribution in [-0.4, -0.2) is 4.68 Å². The van der Waals surface area contributed by atoms with Gasteiger partial charge in [0.2, 0.25) is 0 Å². The Morgan fingerprint density at radius 3 is 2.53 bits per heavy atom. The number of rotatable bonds is 3. The van der Waals surface area contributed by atoms with Crippen molar-refractivity contribution in [1.82, 2.24) is 4.68 Å². The highest BCUT2D eigenvalue weighted by atomic mass is 15.4. The molecule has 0 radical (unpaired) electrons. The third kappa shape index (κ3) is 2.48. The van der Waals surface area contributed by atoms with Gasteiger partial charge in [0.1, 0.15) is 0 Å². The van der Waals surface area contributed by atoms with E-state index in [0.717, 1.165) is 5.56 Å². The summed E-state index contributed by atoms with van der Waals surface area (Å²) in [7, 11) is 0. The number of hydrogen-bond acceptors (Lipinski definition) is 2. The summed E-state index contributed by atoms with van der Waals surface area (Å²) in [5.41, 5.74) is 7.50. The quantitative estimate of drug-likeness (QED) is 0.872. The third-order valence-corrected chi connectivity index (χ3v) is 2.77. The van der Waals surface area contributed by atoms with Gasteiger partial charge >= 0.3 is 0 Å². The van der Waals surface area contributed by atoms with Crippen molar-refractivity contribution in [1.29, 1.82) is 5.26 Å². The average Bonchev–Trinajstić information content (AvgIpc) is 2.67. The second-order valence-corrected chi connectivity index (χ2v) is 4.10. The molecule has 3 nitrogen and oxygen atoms in total. The van der Waals surface area contributed by atoms with Crippen LogP contribution in [0.5, 0.6) is 0 Å². The minimum Gasteiger partial charge on any atom is -0.322 e. The van der Waals surface area contributed by atoms with Gasteiger partial charge in [-0.15, -0.1) is 0 Å². The van der Waals surface area contributed by atoms with Crippen LogP contribution in [0.4, 0.5) is 0 Å². The molecule has 0 fully saturated rings. The first-order valence-electron chi connectivity index (χ1n) is 5.58. The maximum Gasteiger partial charge on any atom is 0.0991 e. The minimum atomic E-state index is 0.699. The van der Waals surface area contributed by atoms with Crippen LogP contribution < -0.4 is 5.43 Å². The van der Waals surface area contributed by atoms with Gasteiger partial charge in [-0.25, -0.2) is 0 Å². The van der Waals surface area contributed by atoms with Crippen LogP contribution in [0.2, 0.25) is 0 Å². The molecule has 1 heterocycles. The molecule has 0 atom stereocenters. The fourth-order valence-corrected chi connectivity index (χ4v) is 1.84. The standard InChI is InChI=1S/C14H15N3/c1-11-6-7-12(2)17(11)16-10-14-5-3-4-13(8-14)9-15/h3-8,16H,10H2,1-2H3. The highest BCUT2D eigenvalue weighted by Crippen LogP contribution is 2.07. The molecule has 86 valence electrons. The molecular weight excluding hydrogens is 210 g/mol. The molecule has 0 aliphatic carbocycles. The van der Waals surface area contributed by atoms with E-state index in [1.54, 1.807) is 0 Å². The first kappa shape index (κ1) is 11.3. The fraction of sp³-hybridized carbons (Fsp3) is 0.214. The van der Waals surface area contributed by atoms with E-state index in [0.29, 0.717) is 12.1 Å². The second-order valence-electron chi connectivity index (χ2n) is 4.10. The molecule has 2 aromatic rings. The van der Waals surface area contributed by atoms with Gasteiger partial charge < -0.3 is 5.43 Å². The number of hydrogen-bond donors (Lipinski definition) is 1.